The summed E-state index contributed by atoms with van der Waals surface area (Å²) in [5.74, 6) is -3.39. The molecule has 0 radical (unpaired) electrons. The van der Waals surface area contributed by atoms with Crippen molar-refractivity contribution in [2.45, 2.75) is 103 Å². The van der Waals surface area contributed by atoms with Crippen molar-refractivity contribution >= 4 is 36.1 Å². The van der Waals surface area contributed by atoms with Crippen LogP contribution in [0, 0.1) is 0 Å². The molecule has 0 bridgehead atoms. The maximum Gasteiger partial charge on any atom is 0.408 e. The molecule has 0 heterocycles. The van der Waals surface area contributed by atoms with E-state index in [1.807, 2.05) is 0 Å². The lowest BCUT2D eigenvalue weighted by atomic mass is 10.1. The first-order valence-electron chi connectivity index (χ1n) is 14.7. The van der Waals surface area contributed by atoms with E-state index in [4.69, 9.17) is 14.2 Å². The van der Waals surface area contributed by atoms with Gasteiger partial charge in [-0.15, -0.1) is 0 Å². The zero-order valence-electron chi connectivity index (χ0n) is 27.3. The van der Waals surface area contributed by atoms with E-state index in [0.717, 1.165) is 0 Å². The largest absolute Gasteiger partial charge is 0.480 e. The molecule has 0 saturated heterocycles. The zero-order chi connectivity index (χ0) is 35.1. The number of rotatable bonds is 15. The topological polar surface area (TPSA) is 231 Å². The van der Waals surface area contributed by atoms with E-state index in [0.29, 0.717) is 5.56 Å². The van der Waals surface area contributed by atoms with Gasteiger partial charge in [-0.3, -0.25) is 9.59 Å². The van der Waals surface area contributed by atoms with Gasteiger partial charge in [-0.25, -0.2) is 19.2 Å². The van der Waals surface area contributed by atoms with Gasteiger partial charge in [-0.2, -0.15) is 0 Å². The number of aliphatic hydroxyl groups is 1. The van der Waals surface area contributed by atoms with E-state index in [-0.39, 0.29) is 32.5 Å². The molecule has 0 aliphatic carbocycles. The number of aliphatic carboxylic acids is 1. The van der Waals surface area contributed by atoms with Gasteiger partial charge in [0.25, 0.3) is 0 Å². The van der Waals surface area contributed by atoms with E-state index >= 15 is 0 Å². The third-order valence-electron chi connectivity index (χ3n) is 5.70. The number of aliphatic hydroxyl groups excluding tert-OH is 1. The highest BCUT2D eigenvalue weighted by atomic mass is 16.6. The Labute approximate surface area is 268 Å². The van der Waals surface area contributed by atoms with Crippen LogP contribution in [0.2, 0.25) is 0 Å². The van der Waals surface area contributed by atoms with E-state index in [2.05, 4.69) is 26.6 Å². The lowest BCUT2D eigenvalue weighted by Crippen LogP contribution is -2.59. The molecule has 0 fully saturated rings. The summed E-state index contributed by atoms with van der Waals surface area (Å²) in [6.07, 6.45) is -4.42. The number of carboxylic acids is 1. The highest BCUT2D eigenvalue weighted by Gasteiger charge is 2.32. The molecule has 0 saturated carbocycles. The number of ether oxygens (including phenoxy) is 3. The molecule has 0 aromatic heterocycles. The molecule has 46 heavy (non-hydrogen) atoms. The number of hydrogen-bond acceptors (Lipinski definition) is 10. The molecule has 258 valence electrons. The highest BCUT2D eigenvalue weighted by molar-refractivity contribution is 5.93. The summed E-state index contributed by atoms with van der Waals surface area (Å²) >= 11 is 0. The summed E-state index contributed by atoms with van der Waals surface area (Å²) in [5, 5.41) is 31.7. The number of amides is 5. The van der Waals surface area contributed by atoms with Crippen molar-refractivity contribution in [1.29, 1.82) is 0 Å². The molecule has 16 heteroatoms. The molecule has 5 amide bonds. The Morgan fingerprint density at radius 2 is 1.22 bits per heavy atom. The van der Waals surface area contributed by atoms with Crippen LogP contribution in [0.25, 0.3) is 0 Å². The van der Waals surface area contributed by atoms with Crippen LogP contribution < -0.4 is 26.6 Å². The number of carbonyl (C=O) groups excluding carboxylic acids is 5. The van der Waals surface area contributed by atoms with Crippen molar-refractivity contribution in [1.82, 2.24) is 26.6 Å². The van der Waals surface area contributed by atoms with Crippen LogP contribution in [-0.4, -0.2) is 94.8 Å². The highest BCUT2D eigenvalue weighted by Crippen LogP contribution is 2.08. The fourth-order valence-electron chi connectivity index (χ4n) is 3.62. The van der Waals surface area contributed by atoms with Gasteiger partial charge in [0.15, 0.2) is 0 Å². The molecular formula is C30H47N5O11. The number of nitrogens with one attached hydrogen (secondary N) is 5. The van der Waals surface area contributed by atoms with Gasteiger partial charge in [-0.1, -0.05) is 30.3 Å². The smallest absolute Gasteiger partial charge is 0.408 e. The monoisotopic (exact) mass is 653 g/mol. The second-order valence-electron chi connectivity index (χ2n) is 12.3. The van der Waals surface area contributed by atoms with Gasteiger partial charge in [0, 0.05) is 13.1 Å². The Balaban J connectivity index is 2.94. The van der Waals surface area contributed by atoms with E-state index in [1.54, 1.807) is 71.9 Å². The molecule has 0 spiro atoms. The molecule has 1 rings (SSSR count). The molecule has 1 aromatic rings. The Hall–Kier alpha value is -4.60. The second kappa shape index (κ2) is 18.4. The van der Waals surface area contributed by atoms with Crippen molar-refractivity contribution in [2.24, 2.45) is 0 Å². The minimum atomic E-state index is -1.64. The summed E-state index contributed by atoms with van der Waals surface area (Å²) in [6, 6.07) is 4.25. The quantitative estimate of drug-likeness (QED) is 0.134. The molecule has 0 unspecified atom stereocenters. The normalized spacial score (nSPS) is 13.9. The summed E-state index contributed by atoms with van der Waals surface area (Å²) < 4.78 is 15.4. The van der Waals surface area contributed by atoms with Crippen LogP contribution in [0.15, 0.2) is 30.3 Å². The first-order valence-corrected chi connectivity index (χ1v) is 14.7. The summed E-state index contributed by atoms with van der Waals surface area (Å²) in [6.45, 7) is 10.8. The van der Waals surface area contributed by atoms with Crippen molar-refractivity contribution < 1.29 is 53.2 Å². The number of carbonyl (C=O) groups is 6. The molecule has 0 aliphatic rings. The Kier molecular flexibility index (Phi) is 15.8. The average Bonchev–Trinajstić information content (AvgIpc) is 2.91. The van der Waals surface area contributed by atoms with Crippen LogP contribution in [0.3, 0.4) is 0 Å². The maximum absolute atomic E-state index is 13.3. The van der Waals surface area contributed by atoms with Gasteiger partial charge in [0.1, 0.15) is 35.9 Å². The van der Waals surface area contributed by atoms with Crippen molar-refractivity contribution in [3.05, 3.63) is 35.9 Å². The van der Waals surface area contributed by atoms with Crippen molar-refractivity contribution in [3.8, 4) is 0 Å². The van der Waals surface area contributed by atoms with Gasteiger partial charge < -0.3 is 51.0 Å². The number of carboxylic acid groups (broad SMARTS) is 1. The van der Waals surface area contributed by atoms with Crippen molar-refractivity contribution in [3.63, 3.8) is 0 Å². The van der Waals surface area contributed by atoms with Gasteiger partial charge in [0.05, 0.1) is 6.10 Å². The molecule has 7 N–H and O–H groups in total. The number of alkyl carbamates (subject to hydrolysis) is 3. The van der Waals surface area contributed by atoms with E-state index in [1.165, 1.54) is 6.92 Å². The second-order valence-corrected chi connectivity index (χ2v) is 12.3. The van der Waals surface area contributed by atoms with Crippen LogP contribution in [-0.2, 0) is 35.2 Å². The number of benzene rings is 1. The standard InChI is InChI=1S/C30H47N5O11/c1-18(36)22(24(38)33-21(25(39)40)14-16-32-27(42)46-30(5,6)7)35-23(37)20(13-15-31-26(41)45-29(2,3)4)34-28(43)44-17-19-11-9-8-10-12-19/h8-12,18,20-22,36H,13-17H2,1-7H3,(H,31,41)(H,32,42)(H,33,38)(H,34,43)(H,35,37)(H,39,40)/t18-,20+,21+,22+/m1/s1. The van der Waals surface area contributed by atoms with Gasteiger partial charge in [0.2, 0.25) is 11.8 Å². The van der Waals surface area contributed by atoms with Gasteiger partial charge in [-0.05, 0) is 66.9 Å². The van der Waals surface area contributed by atoms with Gasteiger partial charge >= 0.3 is 24.2 Å². The Bertz CT molecular complexity index is 1180. The first kappa shape index (κ1) is 39.4. The summed E-state index contributed by atoms with van der Waals surface area (Å²) in [4.78, 5) is 74.6. The minimum absolute atomic E-state index is 0.102. The van der Waals surface area contributed by atoms with Crippen LogP contribution >= 0.6 is 0 Å². The molecule has 0 aliphatic heterocycles. The Morgan fingerprint density at radius 3 is 1.67 bits per heavy atom. The lowest BCUT2D eigenvalue weighted by Gasteiger charge is -2.26. The summed E-state index contributed by atoms with van der Waals surface area (Å²) in [7, 11) is 0. The lowest BCUT2D eigenvalue weighted by molar-refractivity contribution is -0.143. The predicted octanol–water partition coefficient (Wildman–Crippen LogP) is 1.55. The van der Waals surface area contributed by atoms with E-state index < -0.39 is 71.5 Å². The third kappa shape index (κ3) is 17.0. The fourth-order valence-corrected chi connectivity index (χ4v) is 3.62. The maximum atomic E-state index is 13.3. The van der Waals surface area contributed by atoms with E-state index in [9.17, 15) is 39.0 Å². The third-order valence-corrected chi connectivity index (χ3v) is 5.70. The SMILES string of the molecule is C[C@@H](O)[C@H](NC(=O)[C@H](CCNC(=O)OC(C)(C)C)NC(=O)OCc1ccccc1)C(=O)N[C@@H](CCNC(=O)OC(C)(C)C)C(=O)O. The number of hydrogen-bond donors (Lipinski definition) is 7. The van der Waals surface area contributed by atoms with Crippen LogP contribution in [0.5, 0.6) is 0 Å². The van der Waals surface area contributed by atoms with Crippen molar-refractivity contribution in [2.75, 3.05) is 13.1 Å². The Morgan fingerprint density at radius 1 is 0.717 bits per heavy atom. The fraction of sp³-hybridized carbons (Fsp3) is 0.600. The average molecular weight is 654 g/mol. The zero-order valence-corrected chi connectivity index (χ0v) is 27.3. The molecule has 4 atom stereocenters. The van der Waals surface area contributed by atoms with Crippen LogP contribution in [0.4, 0.5) is 14.4 Å². The van der Waals surface area contributed by atoms with Crippen LogP contribution in [0.1, 0.15) is 66.9 Å². The predicted molar refractivity (Wildman–Crippen MR) is 164 cm³/mol. The summed E-state index contributed by atoms with van der Waals surface area (Å²) in [5.41, 5.74) is -0.868. The molecule has 1 aromatic carbocycles. The first-order chi connectivity index (χ1) is 21.3. The molecule has 16 nitrogen and oxygen atoms in total. The molecular weight excluding hydrogens is 606 g/mol. The minimum Gasteiger partial charge on any atom is -0.480 e.